The van der Waals surface area contributed by atoms with Crippen molar-refractivity contribution in [3.63, 3.8) is 0 Å². The number of aryl methyl sites for hydroxylation is 3. The van der Waals surface area contributed by atoms with Gasteiger partial charge in [-0.1, -0.05) is 12.1 Å². The molecule has 0 aliphatic rings. The number of hydrogen-bond donors (Lipinski definition) is 2. The molecular weight excluding hydrogens is 255 g/mol. The number of nitrogens with one attached hydrogen (secondary N) is 2. The lowest BCUT2D eigenvalue weighted by molar-refractivity contribution is 0.608. The van der Waals surface area contributed by atoms with E-state index in [9.17, 15) is 4.39 Å². The number of hydrogen-bond acceptors (Lipinski definition) is 4. The summed E-state index contributed by atoms with van der Waals surface area (Å²) in [5, 5.41) is 6.16. The number of halogens is 1. The van der Waals surface area contributed by atoms with E-state index in [-0.39, 0.29) is 5.82 Å². The van der Waals surface area contributed by atoms with Gasteiger partial charge in [-0.15, -0.1) is 0 Å². The van der Waals surface area contributed by atoms with Gasteiger partial charge in [0.25, 0.3) is 0 Å². The van der Waals surface area contributed by atoms with Crippen molar-refractivity contribution in [2.24, 2.45) is 0 Å². The van der Waals surface area contributed by atoms with E-state index in [0.29, 0.717) is 23.6 Å². The summed E-state index contributed by atoms with van der Waals surface area (Å²) in [7, 11) is 1.78. The SMILES string of the molecule is CNc1nc(C)cc(NCc2cc(C)c(F)c(C)c2)n1. The molecule has 0 saturated carbocycles. The standard InChI is InChI=1S/C15H19FN4/c1-9-5-12(6-10(2)14(9)16)8-18-13-7-11(3)19-15(17-4)20-13/h5-7H,8H2,1-4H3,(H2,17,18,19,20). The van der Waals surface area contributed by atoms with Crippen LogP contribution < -0.4 is 10.6 Å². The van der Waals surface area contributed by atoms with Gasteiger partial charge in [0, 0.05) is 25.4 Å². The molecule has 0 bridgehead atoms. The molecule has 0 aliphatic heterocycles. The van der Waals surface area contributed by atoms with E-state index in [1.54, 1.807) is 20.9 Å². The summed E-state index contributed by atoms with van der Waals surface area (Å²) in [6.07, 6.45) is 0. The van der Waals surface area contributed by atoms with Crippen molar-refractivity contribution in [2.75, 3.05) is 17.7 Å². The lowest BCUT2D eigenvalue weighted by Gasteiger charge is -2.10. The monoisotopic (exact) mass is 274 g/mol. The van der Waals surface area contributed by atoms with Crippen molar-refractivity contribution in [2.45, 2.75) is 27.3 Å². The lowest BCUT2D eigenvalue weighted by Crippen LogP contribution is -2.06. The summed E-state index contributed by atoms with van der Waals surface area (Å²) in [6, 6.07) is 5.58. The Balaban J connectivity index is 2.14. The zero-order chi connectivity index (χ0) is 14.7. The fourth-order valence-electron chi connectivity index (χ4n) is 2.10. The van der Waals surface area contributed by atoms with Gasteiger partial charge < -0.3 is 10.6 Å². The van der Waals surface area contributed by atoms with Gasteiger partial charge in [0.05, 0.1) is 0 Å². The first-order chi connectivity index (χ1) is 9.49. The minimum absolute atomic E-state index is 0.135. The zero-order valence-electron chi connectivity index (χ0n) is 12.2. The van der Waals surface area contributed by atoms with E-state index < -0.39 is 0 Å². The predicted molar refractivity (Wildman–Crippen MR) is 79.5 cm³/mol. The molecule has 20 heavy (non-hydrogen) atoms. The summed E-state index contributed by atoms with van der Waals surface area (Å²) < 4.78 is 13.6. The maximum absolute atomic E-state index is 13.6. The first-order valence-corrected chi connectivity index (χ1v) is 6.52. The minimum Gasteiger partial charge on any atom is -0.366 e. The van der Waals surface area contributed by atoms with Crippen LogP contribution in [0.1, 0.15) is 22.4 Å². The van der Waals surface area contributed by atoms with E-state index >= 15 is 0 Å². The summed E-state index contributed by atoms with van der Waals surface area (Å²) in [5.41, 5.74) is 3.25. The number of benzene rings is 1. The molecule has 2 rings (SSSR count). The summed E-state index contributed by atoms with van der Waals surface area (Å²) in [6.45, 7) is 6.07. The molecule has 1 aromatic carbocycles. The van der Waals surface area contributed by atoms with Crippen molar-refractivity contribution < 1.29 is 4.39 Å². The molecule has 106 valence electrons. The smallest absolute Gasteiger partial charge is 0.224 e. The highest BCUT2D eigenvalue weighted by molar-refractivity contribution is 5.43. The summed E-state index contributed by atoms with van der Waals surface area (Å²) in [5.74, 6) is 1.20. The molecule has 1 aromatic heterocycles. The van der Waals surface area contributed by atoms with Gasteiger partial charge in [-0.3, -0.25) is 0 Å². The molecule has 0 unspecified atom stereocenters. The molecule has 0 saturated heterocycles. The second-order valence-corrected chi connectivity index (χ2v) is 4.87. The second kappa shape index (κ2) is 5.86. The highest BCUT2D eigenvalue weighted by Gasteiger charge is 2.05. The third-order valence-electron chi connectivity index (χ3n) is 3.05. The molecule has 4 nitrogen and oxygen atoms in total. The Labute approximate surface area is 118 Å². The molecule has 2 aromatic rings. The molecule has 1 heterocycles. The Hall–Kier alpha value is -2.17. The first kappa shape index (κ1) is 14.2. The van der Waals surface area contributed by atoms with Crippen LogP contribution in [0, 0.1) is 26.6 Å². The number of rotatable bonds is 4. The van der Waals surface area contributed by atoms with Gasteiger partial charge in [-0.05, 0) is 37.5 Å². The van der Waals surface area contributed by atoms with Crippen molar-refractivity contribution in [1.29, 1.82) is 0 Å². The highest BCUT2D eigenvalue weighted by atomic mass is 19.1. The normalized spacial score (nSPS) is 10.4. The quantitative estimate of drug-likeness (QED) is 0.899. The fraction of sp³-hybridized carbons (Fsp3) is 0.333. The minimum atomic E-state index is -0.135. The van der Waals surface area contributed by atoms with E-state index in [2.05, 4.69) is 20.6 Å². The van der Waals surface area contributed by atoms with Crippen molar-refractivity contribution in [3.05, 3.63) is 46.4 Å². The van der Waals surface area contributed by atoms with Crippen LogP contribution in [0.25, 0.3) is 0 Å². The Bertz CT molecular complexity index is 602. The topological polar surface area (TPSA) is 49.8 Å². The molecule has 0 atom stereocenters. The first-order valence-electron chi connectivity index (χ1n) is 6.52. The van der Waals surface area contributed by atoms with E-state index in [4.69, 9.17) is 0 Å². The van der Waals surface area contributed by atoms with Crippen LogP contribution >= 0.6 is 0 Å². The van der Waals surface area contributed by atoms with Gasteiger partial charge in [0.15, 0.2) is 0 Å². The Morgan fingerprint density at radius 2 is 1.70 bits per heavy atom. The van der Waals surface area contributed by atoms with Crippen LogP contribution in [-0.2, 0) is 6.54 Å². The van der Waals surface area contributed by atoms with Gasteiger partial charge in [-0.25, -0.2) is 9.37 Å². The maximum Gasteiger partial charge on any atom is 0.224 e. The molecule has 0 aliphatic carbocycles. The molecule has 5 heteroatoms. The van der Waals surface area contributed by atoms with Crippen LogP contribution in [0.3, 0.4) is 0 Å². The number of aromatic nitrogens is 2. The number of anilines is 2. The van der Waals surface area contributed by atoms with Crippen LogP contribution in [0.2, 0.25) is 0 Å². The average Bonchev–Trinajstić information content (AvgIpc) is 2.41. The van der Waals surface area contributed by atoms with Gasteiger partial charge >= 0.3 is 0 Å². The van der Waals surface area contributed by atoms with Gasteiger partial charge in [0.1, 0.15) is 11.6 Å². The van der Waals surface area contributed by atoms with Gasteiger partial charge in [-0.2, -0.15) is 4.98 Å². The summed E-state index contributed by atoms with van der Waals surface area (Å²) in [4.78, 5) is 8.56. The largest absolute Gasteiger partial charge is 0.366 e. The Kier molecular flexibility index (Phi) is 4.17. The van der Waals surface area contributed by atoms with E-state index in [1.165, 1.54) is 0 Å². The van der Waals surface area contributed by atoms with Crippen LogP contribution in [0.5, 0.6) is 0 Å². The third kappa shape index (κ3) is 3.23. The fourth-order valence-corrected chi connectivity index (χ4v) is 2.10. The van der Waals surface area contributed by atoms with Crippen LogP contribution in [0.4, 0.5) is 16.2 Å². The molecule has 2 N–H and O–H groups in total. The Morgan fingerprint density at radius 3 is 2.30 bits per heavy atom. The average molecular weight is 274 g/mol. The molecule has 0 amide bonds. The van der Waals surface area contributed by atoms with Gasteiger partial charge in [0.2, 0.25) is 5.95 Å². The van der Waals surface area contributed by atoms with E-state index in [0.717, 1.165) is 17.1 Å². The highest BCUT2D eigenvalue weighted by Crippen LogP contribution is 2.16. The van der Waals surface area contributed by atoms with Crippen LogP contribution in [-0.4, -0.2) is 17.0 Å². The molecule has 0 spiro atoms. The maximum atomic E-state index is 13.6. The molecule has 0 fully saturated rings. The zero-order valence-corrected chi connectivity index (χ0v) is 12.2. The Morgan fingerprint density at radius 1 is 1.05 bits per heavy atom. The lowest BCUT2D eigenvalue weighted by atomic mass is 10.1. The predicted octanol–water partition coefficient (Wildman–Crippen LogP) is 3.19. The molecule has 0 radical (unpaired) electrons. The summed E-state index contributed by atoms with van der Waals surface area (Å²) >= 11 is 0. The third-order valence-corrected chi connectivity index (χ3v) is 3.05. The van der Waals surface area contributed by atoms with E-state index in [1.807, 2.05) is 25.1 Å². The van der Waals surface area contributed by atoms with Crippen molar-refractivity contribution in [1.82, 2.24) is 9.97 Å². The molecular formula is C15H19FN4. The second-order valence-electron chi connectivity index (χ2n) is 4.87. The number of nitrogens with zero attached hydrogens (tertiary/aromatic N) is 2. The van der Waals surface area contributed by atoms with Crippen molar-refractivity contribution >= 4 is 11.8 Å². The van der Waals surface area contributed by atoms with Crippen molar-refractivity contribution in [3.8, 4) is 0 Å². The van der Waals surface area contributed by atoms with Crippen LogP contribution in [0.15, 0.2) is 18.2 Å².